The minimum atomic E-state index is 1.18. The van der Waals surface area contributed by atoms with Gasteiger partial charge in [0.15, 0.2) is 0 Å². The molecule has 3 aliphatic carbocycles. The van der Waals surface area contributed by atoms with Crippen LogP contribution in [-0.4, -0.2) is 0 Å². The molecule has 0 heterocycles. The van der Waals surface area contributed by atoms with E-state index in [4.69, 9.17) is 0 Å². The molecule has 0 radical (unpaired) electrons. The van der Waals surface area contributed by atoms with Crippen molar-refractivity contribution in [2.24, 2.45) is 23.7 Å². The van der Waals surface area contributed by atoms with Crippen LogP contribution < -0.4 is 0 Å². The van der Waals surface area contributed by atoms with Crippen molar-refractivity contribution in [1.29, 1.82) is 0 Å². The van der Waals surface area contributed by atoms with Crippen molar-refractivity contribution in [3.63, 3.8) is 0 Å². The number of hydrogen-bond donors (Lipinski definition) is 0. The molecule has 0 unspecified atom stereocenters. The molecule has 0 bridgehead atoms. The summed E-state index contributed by atoms with van der Waals surface area (Å²) in [6.45, 7) is 0. The second kappa shape index (κ2) is 3.87. The van der Waals surface area contributed by atoms with Gasteiger partial charge in [-0.1, -0.05) is 38.5 Å². The summed E-state index contributed by atoms with van der Waals surface area (Å²) < 4.78 is 0. The Bertz CT molecular complexity index is 146. The smallest absolute Gasteiger partial charge is 0.0352 e. The van der Waals surface area contributed by atoms with Gasteiger partial charge < -0.3 is 0 Å². The Balaban J connectivity index is 1.71. The lowest BCUT2D eigenvalue weighted by molar-refractivity contribution is -0.0323. The summed E-state index contributed by atoms with van der Waals surface area (Å²) in [5.41, 5.74) is 0. The van der Waals surface area contributed by atoms with Gasteiger partial charge in [-0.2, -0.15) is 0 Å². The SMILES string of the molecule is C1CCC2C(CC1)C1CCCCCC21. The van der Waals surface area contributed by atoms with E-state index in [0.717, 1.165) is 0 Å². The van der Waals surface area contributed by atoms with Gasteiger partial charge in [0.2, 0.25) is 0 Å². The summed E-state index contributed by atoms with van der Waals surface area (Å²) in [6.07, 6.45) is 15.6. The Kier molecular flexibility index (Phi) is 2.55. The third-order valence-corrected chi connectivity index (χ3v) is 5.35. The van der Waals surface area contributed by atoms with E-state index in [1.165, 1.54) is 36.5 Å². The van der Waals surface area contributed by atoms with Crippen molar-refractivity contribution >= 4 is 0 Å². The molecule has 0 N–H and O–H groups in total. The van der Waals surface area contributed by atoms with E-state index in [-0.39, 0.29) is 0 Å². The van der Waals surface area contributed by atoms with Crippen molar-refractivity contribution in [3.05, 3.63) is 0 Å². The third-order valence-electron chi connectivity index (χ3n) is 5.35. The van der Waals surface area contributed by atoms with Crippen LogP contribution in [0.2, 0.25) is 0 Å². The van der Waals surface area contributed by atoms with Crippen LogP contribution in [0.1, 0.15) is 64.2 Å². The van der Waals surface area contributed by atoms with Gasteiger partial charge >= 0.3 is 0 Å². The largest absolute Gasteiger partial charge is 0.0533 e. The third kappa shape index (κ3) is 1.42. The fraction of sp³-hybridized carbons (Fsp3) is 1.00. The Morgan fingerprint density at radius 3 is 0.929 bits per heavy atom. The van der Waals surface area contributed by atoms with Crippen LogP contribution in [0.3, 0.4) is 0 Å². The molecule has 0 aromatic heterocycles. The van der Waals surface area contributed by atoms with E-state index in [9.17, 15) is 0 Å². The van der Waals surface area contributed by atoms with Crippen molar-refractivity contribution in [3.8, 4) is 0 Å². The molecule has 0 saturated heterocycles. The molecule has 0 nitrogen and oxygen atoms in total. The molecule has 0 atom stereocenters. The molecule has 80 valence electrons. The van der Waals surface area contributed by atoms with Gasteiger partial charge in [-0.3, -0.25) is 0 Å². The van der Waals surface area contributed by atoms with Gasteiger partial charge in [0.1, 0.15) is 0 Å². The van der Waals surface area contributed by atoms with Gasteiger partial charge in [0.25, 0.3) is 0 Å². The summed E-state index contributed by atoms with van der Waals surface area (Å²) in [4.78, 5) is 0. The highest BCUT2D eigenvalue weighted by atomic mass is 14.5. The first kappa shape index (κ1) is 9.24. The molecule has 3 aliphatic rings. The zero-order chi connectivity index (χ0) is 9.38. The van der Waals surface area contributed by atoms with E-state index in [1.807, 2.05) is 0 Å². The normalized spacial score (nSPS) is 48.0. The summed E-state index contributed by atoms with van der Waals surface area (Å²) in [5, 5.41) is 0. The van der Waals surface area contributed by atoms with Crippen LogP contribution in [0.15, 0.2) is 0 Å². The highest BCUT2D eigenvalue weighted by Gasteiger charge is 2.48. The van der Waals surface area contributed by atoms with Crippen molar-refractivity contribution in [1.82, 2.24) is 0 Å². The second-order valence-corrected chi connectivity index (χ2v) is 5.93. The second-order valence-electron chi connectivity index (χ2n) is 5.93. The number of fused-ring (bicyclic) bond motifs is 4. The molecule has 0 amide bonds. The summed E-state index contributed by atoms with van der Waals surface area (Å²) in [5.74, 6) is 4.72. The Hall–Kier alpha value is 0. The molecule has 0 aliphatic heterocycles. The standard InChI is InChI=1S/C14H24/c1-3-7-11-12(8-4-1)14-10-6-2-5-9-13(11)14/h11-14H,1-10H2. The number of hydrogen-bond acceptors (Lipinski definition) is 0. The van der Waals surface area contributed by atoms with E-state index < -0.39 is 0 Å². The first-order valence-corrected chi connectivity index (χ1v) is 6.97. The van der Waals surface area contributed by atoms with Crippen LogP contribution in [0.25, 0.3) is 0 Å². The van der Waals surface area contributed by atoms with Crippen LogP contribution in [0, 0.1) is 23.7 Å². The summed E-state index contributed by atoms with van der Waals surface area (Å²) in [7, 11) is 0. The molecular formula is C14H24. The topological polar surface area (TPSA) is 0 Å². The lowest BCUT2D eigenvalue weighted by Gasteiger charge is -2.52. The molecule has 3 fully saturated rings. The van der Waals surface area contributed by atoms with Crippen LogP contribution in [-0.2, 0) is 0 Å². The predicted octanol–water partition coefficient (Wildman–Crippen LogP) is 4.39. The molecule has 0 spiro atoms. The van der Waals surface area contributed by atoms with E-state index in [0.29, 0.717) is 0 Å². The zero-order valence-electron chi connectivity index (χ0n) is 9.38. The lowest BCUT2D eigenvalue weighted by atomic mass is 9.53. The van der Waals surface area contributed by atoms with E-state index in [2.05, 4.69) is 0 Å². The fourth-order valence-corrected chi connectivity index (χ4v) is 4.71. The Labute approximate surface area is 88.5 Å². The van der Waals surface area contributed by atoms with E-state index in [1.54, 1.807) is 51.4 Å². The van der Waals surface area contributed by atoms with Crippen LogP contribution in [0.4, 0.5) is 0 Å². The maximum Gasteiger partial charge on any atom is -0.0352 e. The minimum Gasteiger partial charge on any atom is -0.0533 e. The first-order valence-electron chi connectivity index (χ1n) is 6.97. The van der Waals surface area contributed by atoms with E-state index >= 15 is 0 Å². The molecule has 3 saturated carbocycles. The molecular weight excluding hydrogens is 168 g/mol. The zero-order valence-corrected chi connectivity index (χ0v) is 9.38. The number of rotatable bonds is 0. The quantitative estimate of drug-likeness (QED) is 0.534. The van der Waals surface area contributed by atoms with Gasteiger partial charge in [-0.05, 0) is 49.4 Å². The van der Waals surface area contributed by atoms with Crippen molar-refractivity contribution < 1.29 is 0 Å². The Morgan fingerprint density at radius 2 is 0.643 bits per heavy atom. The highest BCUT2D eigenvalue weighted by molar-refractivity contribution is 4.98. The minimum absolute atomic E-state index is 1.18. The highest BCUT2D eigenvalue weighted by Crippen LogP contribution is 2.57. The maximum atomic E-state index is 1.59. The molecule has 0 aromatic rings. The van der Waals surface area contributed by atoms with Gasteiger partial charge in [-0.15, -0.1) is 0 Å². The molecule has 3 rings (SSSR count). The molecule has 14 heavy (non-hydrogen) atoms. The molecule has 0 heteroatoms. The first-order chi connectivity index (χ1) is 6.97. The monoisotopic (exact) mass is 192 g/mol. The molecule has 0 aromatic carbocycles. The lowest BCUT2D eigenvalue weighted by Crippen LogP contribution is -2.45. The van der Waals surface area contributed by atoms with Gasteiger partial charge in [-0.25, -0.2) is 0 Å². The Morgan fingerprint density at radius 1 is 0.357 bits per heavy atom. The van der Waals surface area contributed by atoms with Crippen molar-refractivity contribution in [2.75, 3.05) is 0 Å². The predicted molar refractivity (Wildman–Crippen MR) is 60.1 cm³/mol. The maximum absolute atomic E-state index is 1.59. The van der Waals surface area contributed by atoms with Gasteiger partial charge in [0, 0.05) is 0 Å². The van der Waals surface area contributed by atoms with Crippen molar-refractivity contribution in [2.45, 2.75) is 64.2 Å². The summed E-state index contributed by atoms with van der Waals surface area (Å²) >= 11 is 0. The fourth-order valence-electron chi connectivity index (χ4n) is 4.71. The average Bonchev–Trinajstić information content (AvgIpc) is 2.49. The average molecular weight is 192 g/mol. The van der Waals surface area contributed by atoms with Crippen LogP contribution in [0.5, 0.6) is 0 Å². The van der Waals surface area contributed by atoms with Crippen LogP contribution >= 0.6 is 0 Å². The van der Waals surface area contributed by atoms with Gasteiger partial charge in [0.05, 0.1) is 0 Å². The summed E-state index contributed by atoms with van der Waals surface area (Å²) in [6, 6.07) is 0.